The van der Waals surface area contributed by atoms with Crippen LogP contribution in [0.5, 0.6) is 5.75 Å². The van der Waals surface area contributed by atoms with Gasteiger partial charge in [0.15, 0.2) is 0 Å². The first kappa shape index (κ1) is 19.3. The van der Waals surface area contributed by atoms with Gasteiger partial charge in [0.05, 0.1) is 0 Å². The number of piperidine rings is 1. The molecule has 5 rings (SSSR count). The van der Waals surface area contributed by atoms with Crippen molar-refractivity contribution in [3.63, 3.8) is 0 Å². The normalized spacial score (nSPS) is 21.0. The van der Waals surface area contributed by atoms with E-state index < -0.39 is 0 Å². The number of hydrogen-bond acceptors (Lipinski definition) is 2. The van der Waals surface area contributed by atoms with Crippen LogP contribution in [0, 0.1) is 0 Å². The number of fused-ring (bicyclic) bond motifs is 1. The molecular weight excluding hydrogens is 342 g/mol. The highest BCUT2D eigenvalue weighted by atomic mass is 16.5. The van der Waals surface area contributed by atoms with E-state index in [1.54, 1.807) is 5.56 Å². The summed E-state index contributed by atoms with van der Waals surface area (Å²) in [6.07, 6.45) is 15.3. The summed E-state index contributed by atoms with van der Waals surface area (Å²) < 4.78 is 5.34. The fourth-order valence-corrected chi connectivity index (χ4v) is 5.06. The smallest absolute Gasteiger partial charge is 0.126 e. The molecule has 2 fully saturated rings. The minimum Gasteiger partial charge on any atom is -0.489 e. The molecule has 0 atom stereocenters. The molecule has 1 saturated heterocycles. The van der Waals surface area contributed by atoms with Crippen molar-refractivity contribution in [1.29, 1.82) is 0 Å². The molecule has 0 N–H and O–H groups in total. The predicted octanol–water partition coefficient (Wildman–Crippen LogP) is 6.42. The molecule has 3 aliphatic rings. The lowest BCUT2D eigenvalue weighted by Gasteiger charge is -2.48. The third-order valence-corrected chi connectivity index (χ3v) is 6.50. The van der Waals surface area contributed by atoms with Gasteiger partial charge in [-0.1, -0.05) is 80.3 Å². The summed E-state index contributed by atoms with van der Waals surface area (Å²) in [5.41, 5.74) is 3.13. The van der Waals surface area contributed by atoms with Crippen molar-refractivity contribution in [3.05, 3.63) is 71.8 Å². The summed E-state index contributed by atoms with van der Waals surface area (Å²) in [5, 5.41) is 0. The van der Waals surface area contributed by atoms with Gasteiger partial charge in [0, 0.05) is 11.1 Å². The second kappa shape index (κ2) is 9.43. The average Bonchev–Trinajstić information content (AvgIpc) is 2.81. The summed E-state index contributed by atoms with van der Waals surface area (Å²) >= 11 is 0. The van der Waals surface area contributed by atoms with Crippen LogP contribution in [0.15, 0.2) is 60.7 Å². The van der Waals surface area contributed by atoms with Gasteiger partial charge in [-0.2, -0.15) is 0 Å². The number of nitrogens with zero attached hydrogens (tertiary/aromatic N) is 1. The lowest BCUT2D eigenvalue weighted by atomic mass is 9.74. The second-order valence-corrected chi connectivity index (χ2v) is 8.26. The van der Waals surface area contributed by atoms with E-state index in [0.717, 1.165) is 5.75 Å². The Balaban J connectivity index is 0.000000162. The van der Waals surface area contributed by atoms with Crippen LogP contribution < -0.4 is 4.74 Å². The van der Waals surface area contributed by atoms with Crippen LogP contribution in [-0.2, 0) is 5.54 Å². The Bertz CT molecular complexity index is 755. The van der Waals surface area contributed by atoms with E-state index in [2.05, 4.69) is 41.3 Å². The van der Waals surface area contributed by atoms with E-state index in [1.165, 1.54) is 70.0 Å². The number of para-hydroxylation sites is 1. The molecule has 148 valence electrons. The van der Waals surface area contributed by atoms with Crippen LogP contribution in [0.4, 0.5) is 0 Å². The lowest BCUT2D eigenvalue weighted by molar-refractivity contribution is 0.0303. The van der Waals surface area contributed by atoms with Crippen molar-refractivity contribution in [2.24, 2.45) is 0 Å². The summed E-state index contributed by atoms with van der Waals surface area (Å²) in [6.45, 7) is 3.33. The van der Waals surface area contributed by atoms with Gasteiger partial charge in [-0.05, 0) is 56.5 Å². The summed E-state index contributed by atoms with van der Waals surface area (Å²) in [7, 11) is 0. The van der Waals surface area contributed by atoms with Crippen molar-refractivity contribution in [1.82, 2.24) is 4.90 Å². The molecule has 1 saturated carbocycles. The minimum atomic E-state index is 0.375. The first-order chi connectivity index (χ1) is 13.9. The number of ether oxygens (including phenoxy) is 1. The van der Waals surface area contributed by atoms with Gasteiger partial charge in [0.25, 0.3) is 0 Å². The van der Waals surface area contributed by atoms with E-state index in [9.17, 15) is 0 Å². The molecule has 1 aliphatic carbocycles. The highest BCUT2D eigenvalue weighted by Crippen LogP contribution is 2.43. The van der Waals surface area contributed by atoms with E-state index in [1.807, 2.05) is 30.3 Å². The number of benzene rings is 2. The molecule has 2 aromatic rings. The van der Waals surface area contributed by atoms with Crippen molar-refractivity contribution in [2.45, 2.75) is 56.9 Å². The summed E-state index contributed by atoms with van der Waals surface area (Å²) in [6, 6.07) is 19.3. The van der Waals surface area contributed by atoms with E-state index in [4.69, 9.17) is 4.74 Å². The molecule has 28 heavy (non-hydrogen) atoms. The van der Waals surface area contributed by atoms with Gasteiger partial charge < -0.3 is 4.74 Å². The van der Waals surface area contributed by atoms with Crippen molar-refractivity contribution >= 4 is 6.08 Å². The average molecular weight is 376 g/mol. The Labute approximate surface area is 170 Å². The SMILES string of the molecule is C1=Cc2ccccc2OC1.c1ccc(C2(N3CCCCC3)CCCCC2)cc1. The molecule has 0 spiro atoms. The maximum atomic E-state index is 5.34. The summed E-state index contributed by atoms with van der Waals surface area (Å²) in [5.74, 6) is 0.991. The number of likely N-dealkylation sites (tertiary alicyclic amines) is 1. The second-order valence-electron chi connectivity index (χ2n) is 8.26. The maximum Gasteiger partial charge on any atom is 0.126 e. The Hall–Kier alpha value is -2.06. The van der Waals surface area contributed by atoms with Crippen LogP contribution in [0.3, 0.4) is 0 Å². The zero-order valence-corrected chi connectivity index (χ0v) is 17.0. The largest absolute Gasteiger partial charge is 0.489 e. The Morgan fingerprint density at radius 2 is 1.39 bits per heavy atom. The van der Waals surface area contributed by atoms with Crippen LogP contribution in [-0.4, -0.2) is 24.6 Å². The highest BCUT2D eigenvalue weighted by molar-refractivity contribution is 5.58. The quantitative estimate of drug-likeness (QED) is 0.600. The minimum absolute atomic E-state index is 0.375. The molecule has 0 radical (unpaired) electrons. The highest BCUT2D eigenvalue weighted by Gasteiger charge is 2.39. The molecule has 0 amide bonds. The number of rotatable bonds is 2. The standard InChI is InChI=1S/C17H25N.C9H8O/c1-4-10-16(11-5-1)17(12-6-2-7-13-17)18-14-8-3-9-15-18;1-2-6-9-8(4-1)5-3-7-10-9/h1,4-5,10-11H,2-3,6-9,12-15H2;1-6H,7H2. The first-order valence-electron chi connectivity index (χ1n) is 11.1. The molecule has 2 nitrogen and oxygen atoms in total. The zero-order valence-electron chi connectivity index (χ0n) is 17.0. The monoisotopic (exact) mass is 375 g/mol. The molecule has 2 aromatic carbocycles. The van der Waals surface area contributed by atoms with E-state index >= 15 is 0 Å². The van der Waals surface area contributed by atoms with Crippen LogP contribution in [0.1, 0.15) is 62.5 Å². The predicted molar refractivity (Wildman–Crippen MR) is 118 cm³/mol. The Morgan fingerprint density at radius 3 is 2.14 bits per heavy atom. The molecule has 2 heteroatoms. The molecular formula is C26H33NO. The topological polar surface area (TPSA) is 12.5 Å². The first-order valence-corrected chi connectivity index (χ1v) is 11.1. The zero-order chi connectivity index (χ0) is 19.1. The van der Waals surface area contributed by atoms with Gasteiger partial charge in [0.2, 0.25) is 0 Å². The molecule has 2 aliphatic heterocycles. The van der Waals surface area contributed by atoms with Crippen molar-refractivity contribution in [3.8, 4) is 5.75 Å². The fourth-order valence-electron chi connectivity index (χ4n) is 5.06. The van der Waals surface area contributed by atoms with E-state index in [0.29, 0.717) is 12.1 Å². The van der Waals surface area contributed by atoms with E-state index in [-0.39, 0.29) is 0 Å². The number of hydrogen-bond donors (Lipinski definition) is 0. The van der Waals surface area contributed by atoms with Gasteiger partial charge in [-0.25, -0.2) is 0 Å². The van der Waals surface area contributed by atoms with Gasteiger partial charge in [-0.15, -0.1) is 0 Å². The molecule has 0 bridgehead atoms. The Morgan fingerprint density at radius 1 is 0.714 bits per heavy atom. The van der Waals surface area contributed by atoms with Crippen LogP contribution in [0.25, 0.3) is 6.08 Å². The lowest BCUT2D eigenvalue weighted by Crippen LogP contribution is -2.49. The molecule has 0 aromatic heterocycles. The Kier molecular flexibility index (Phi) is 6.49. The van der Waals surface area contributed by atoms with Crippen molar-refractivity contribution < 1.29 is 4.74 Å². The van der Waals surface area contributed by atoms with Gasteiger partial charge in [0.1, 0.15) is 12.4 Å². The van der Waals surface area contributed by atoms with Crippen molar-refractivity contribution in [2.75, 3.05) is 19.7 Å². The van der Waals surface area contributed by atoms with Gasteiger partial charge in [-0.3, -0.25) is 4.90 Å². The summed E-state index contributed by atoms with van der Waals surface area (Å²) in [4.78, 5) is 2.81. The van der Waals surface area contributed by atoms with Crippen LogP contribution >= 0.6 is 0 Å². The molecule has 2 heterocycles. The fraction of sp³-hybridized carbons (Fsp3) is 0.462. The maximum absolute atomic E-state index is 5.34. The van der Waals surface area contributed by atoms with Gasteiger partial charge >= 0.3 is 0 Å². The third-order valence-electron chi connectivity index (χ3n) is 6.50. The molecule has 0 unspecified atom stereocenters. The third kappa shape index (κ3) is 4.33. The van der Waals surface area contributed by atoms with Crippen LogP contribution in [0.2, 0.25) is 0 Å².